The molecule has 2 aromatic rings. The van der Waals surface area contributed by atoms with Crippen LogP contribution < -0.4 is 17.0 Å². The Balaban J connectivity index is 2.99. The molecular formula is C10H11N3O2. The van der Waals surface area contributed by atoms with Crippen LogP contribution in [0.5, 0.6) is 0 Å². The van der Waals surface area contributed by atoms with E-state index in [9.17, 15) is 9.59 Å². The molecule has 0 fully saturated rings. The summed E-state index contributed by atoms with van der Waals surface area (Å²) in [7, 11) is 0. The molecule has 1 aromatic carbocycles. The molecule has 0 radical (unpaired) electrons. The lowest BCUT2D eigenvalue weighted by Gasteiger charge is -2.03. The highest BCUT2D eigenvalue weighted by atomic mass is 16.2. The molecule has 0 aliphatic carbocycles. The van der Waals surface area contributed by atoms with Crippen LogP contribution in [-0.2, 0) is 6.54 Å². The minimum Gasteiger partial charge on any atom is -0.399 e. The number of nitrogen functional groups attached to an aromatic ring is 1. The first-order valence-electron chi connectivity index (χ1n) is 4.66. The molecule has 15 heavy (non-hydrogen) atoms. The molecule has 0 saturated heterocycles. The van der Waals surface area contributed by atoms with Gasteiger partial charge in [-0.1, -0.05) is 0 Å². The van der Waals surface area contributed by atoms with Gasteiger partial charge in [0.2, 0.25) is 0 Å². The van der Waals surface area contributed by atoms with Crippen molar-refractivity contribution in [3.63, 3.8) is 0 Å². The highest BCUT2D eigenvalue weighted by Crippen LogP contribution is 2.09. The van der Waals surface area contributed by atoms with Gasteiger partial charge in [-0.2, -0.15) is 0 Å². The van der Waals surface area contributed by atoms with Gasteiger partial charge in [-0.15, -0.1) is 0 Å². The summed E-state index contributed by atoms with van der Waals surface area (Å²) in [5, 5.41) is 0.441. The lowest BCUT2D eigenvalue weighted by Crippen LogP contribution is -2.34. The summed E-state index contributed by atoms with van der Waals surface area (Å²) >= 11 is 0. The van der Waals surface area contributed by atoms with Crippen molar-refractivity contribution in [3.8, 4) is 0 Å². The second-order valence-electron chi connectivity index (χ2n) is 3.28. The minimum atomic E-state index is -0.389. The number of aromatic amines is 1. The van der Waals surface area contributed by atoms with E-state index in [1.54, 1.807) is 25.1 Å². The molecule has 3 N–H and O–H groups in total. The van der Waals surface area contributed by atoms with E-state index in [1.807, 2.05) is 0 Å². The average molecular weight is 205 g/mol. The first-order valence-corrected chi connectivity index (χ1v) is 4.66. The van der Waals surface area contributed by atoms with Crippen LogP contribution in [0, 0.1) is 0 Å². The van der Waals surface area contributed by atoms with E-state index in [2.05, 4.69) is 4.98 Å². The van der Waals surface area contributed by atoms with E-state index >= 15 is 0 Å². The van der Waals surface area contributed by atoms with Gasteiger partial charge in [0.1, 0.15) is 0 Å². The maximum Gasteiger partial charge on any atom is 0.328 e. The molecule has 1 heterocycles. The van der Waals surface area contributed by atoms with Gasteiger partial charge in [0, 0.05) is 12.2 Å². The van der Waals surface area contributed by atoms with Crippen LogP contribution in [0.1, 0.15) is 6.92 Å². The second kappa shape index (κ2) is 3.27. The number of H-pyrrole nitrogens is 1. The molecule has 78 valence electrons. The summed E-state index contributed by atoms with van der Waals surface area (Å²) in [6.07, 6.45) is 0. The molecule has 2 rings (SSSR count). The first-order chi connectivity index (χ1) is 7.13. The fourth-order valence-corrected chi connectivity index (χ4v) is 1.56. The molecule has 0 unspecified atom stereocenters. The Hall–Kier alpha value is -2.04. The first kappa shape index (κ1) is 9.51. The largest absolute Gasteiger partial charge is 0.399 e. The number of aromatic nitrogens is 2. The van der Waals surface area contributed by atoms with Crippen LogP contribution in [-0.4, -0.2) is 9.55 Å². The van der Waals surface area contributed by atoms with Crippen molar-refractivity contribution in [2.75, 3.05) is 5.73 Å². The van der Waals surface area contributed by atoms with Crippen LogP contribution >= 0.6 is 0 Å². The van der Waals surface area contributed by atoms with E-state index in [0.29, 0.717) is 23.1 Å². The molecular weight excluding hydrogens is 194 g/mol. The van der Waals surface area contributed by atoms with Crippen molar-refractivity contribution >= 4 is 16.6 Å². The minimum absolute atomic E-state index is 0.302. The van der Waals surface area contributed by atoms with Gasteiger partial charge >= 0.3 is 5.69 Å². The summed E-state index contributed by atoms with van der Waals surface area (Å²) in [4.78, 5) is 25.9. The average Bonchev–Trinajstić information content (AvgIpc) is 2.20. The van der Waals surface area contributed by atoms with Crippen molar-refractivity contribution < 1.29 is 0 Å². The highest BCUT2D eigenvalue weighted by molar-refractivity contribution is 5.80. The van der Waals surface area contributed by atoms with Crippen LogP contribution in [0.3, 0.4) is 0 Å². The van der Waals surface area contributed by atoms with Gasteiger partial charge in [0.15, 0.2) is 0 Å². The lowest BCUT2D eigenvalue weighted by atomic mass is 10.2. The molecule has 5 nitrogen and oxygen atoms in total. The van der Waals surface area contributed by atoms with Crippen LogP contribution in [0.25, 0.3) is 10.9 Å². The van der Waals surface area contributed by atoms with Crippen molar-refractivity contribution in [2.24, 2.45) is 0 Å². The Morgan fingerprint density at radius 2 is 2.13 bits per heavy atom. The summed E-state index contributed by atoms with van der Waals surface area (Å²) in [5.41, 5.74) is 5.92. The molecule has 0 amide bonds. The fraction of sp³-hybridized carbons (Fsp3) is 0.200. The number of fused-ring (bicyclic) bond motifs is 1. The Morgan fingerprint density at radius 1 is 1.40 bits per heavy atom. The zero-order chi connectivity index (χ0) is 11.0. The molecule has 1 aromatic heterocycles. The summed E-state index contributed by atoms with van der Waals surface area (Å²) < 4.78 is 1.14. The third-order valence-corrected chi connectivity index (χ3v) is 2.32. The zero-order valence-electron chi connectivity index (χ0n) is 8.28. The molecule has 0 saturated carbocycles. The Bertz CT molecular complexity index is 625. The number of nitrogens with two attached hydrogens (primary N) is 1. The molecule has 0 aliphatic heterocycles. The van der Waals surface area contributed by atoms with Gasteiger partial charge in [0.25, 0.3) is 5.56 Å². The fourth-order valence-electron chi connectivity index (χ4n) is 1.56. The normalized spacial score (nSPS) is 10.7. The monoisotopic (exact) mass is 205 g/mol. The van der Waals surface area contributed by atoms with Gasteiger partial charge in [-0.05, 0) is 25.1 Å². The lowest BCUT2D eigenvalue weighted by molar-refractivity contribution is 0.684. The number of nitrogens with one attached hydrogen (secondary N) is 1. The number of hydrogen-bond acceptors (Lipinski definition) is 3. The topological polar surface area (TPSA) is 80.9 Å². The Morgan fingerprint density at radius 3 is 2.80 bits per heavy atom. The maximum atomic E-state index is 11.8. The van der Waals surface area contributed by atoms with E-state index in [-0.39, 0.29) is 11.2 Å². The quantitative estimate of drug-likeness (QED) is 0.656. The van der Waals surface area contributed by atoms with Crippen LogP contribution in [0.4, 0.5) is 5.69 Å². The predicted molar refractivity (Wildman–Crippen MR) is 58.9 cm³/mol. The van der Waals surface area contributed by atoms with E-state index in [1.165, 1.54) is 0 Å². The van der Waals surface area contributed by atoms with Gasteiger partial charge in [-0.25, -0.2) is 4.79 Å². The summed E-state index contributed by atoms with van der Waals surface area (Å²) in [6, 6.07) is 4.85. The number of benzene rings is 1. The number of nitrogens with zero attached hydrogens (tertiary/aromatic N) is 1. The molecule has 0 bridgehead atoms. The maximum absolute atomic E-state index is 11.8. The van der Waals surface area contributed by atoms with Gasteiger partial charge < -0.3 is 10.7 Å². The third-order valence-electron chi connectivity index (χ3n) is 2.32. The molecule has 0 spiro atoms. The smallest absolute Gasteiger partial charge is 0.328 e. The summed E-state index contributed by atoms with van der Waals surface area (Å²) in [6.45, 7) is 2.09. The zero-order valence-corrected chi connectivity index (χ0v) is 8.28. The Kier molecular flexibility index (Phi) is 2.07. The van der Waals surface area contributed by atoms with Crippen LogP contribution in [0.2, 0.25) is 0 Å². The highest BCUT2D eigenvalue weighted by Gasteiger charge is 2.05. The Labute approximate surface area is 85.2 Å². The van der Waals surface area contributed by atoms with E-state index in [0.717, 1.165) is 4.57 Å². The standard InChI is InChI=1S/C10H11N3O2/c1-2-13-9(14)7-5-6(11)3-4-8(7)12-10(13)15/h3-5H,2,11H2,1H3,(H,12,15). The van der Waals surface area contributed by atoms with Gasteiger partial charge in [0.05, 0.1) is 10.9 Å². The second-order valence-corrected chi connectivity index (χ2v) is 3.28. The molecule has 0 aliphatic rings. The third kappa shape index (κ3) is 1.41. The molecule has 5 heteroatoms. The van der Waals surface area contributed by atoms with E-state index in [4.69, 9.17) is 5.73 Å². The van der Waals surface area contributed by atoms with Crippen LogP contribution in [0.15, 0.2) is 27.8 Å². The molecule has 0 atom stereocenters. The number of rotatable bonds is 1. The van der Waals surface area contributed by atoms with Crippen molar-refractivity contribution in [2.45, 2.75) is 13.5 Å². The SMILES string of the molecule is CCn1c(=O)[nH]c2ccc(N)cc2c1=O. The van der Waals surface area contributed by atoms with E-state index < -0.39 is 0 Å². The van der Waals surface area contributed by atoms with Crippen molar-refractivity contribution in [1.82, 2.24) is 9.55 Å². The summed E-state index contributed by atoms with van der Waals surface area (Å²) in [5.74, 6) is 0. The predicted octanol–water partition coefficient (Wildman–Crippen LogP) is 0.292. The van der Waals surface area contributed by atoms with Crippen molar-refractivity contribution in [3.05, 3.63) is 39.0 Å². The van der Waals surface area contributed by atoms with Crippen molar-refractivity contribution in [1.29, 1.82) is 0 Å². The van der Waals surface area contributed by atoms with Gasteiger partial charge in [-0.3, -0.25) is 9.36 Å². The number of hydrogen-bond donors (Lipinski definition) is 2. The number of anilines is 1.